The number of amides is 2. The second-order valence-electron chi connectivity index (χ2n) is 7.30. The number of benzene rings is 2. The molecule has 30 heavy (non-hydrogen) atoms. The van der Waals surface area contributed by atoms with Crippen LogP contribution < -0.4 is 10.1 Å². The molecule has 0 aliphatic rings. The van der Waals surface area contributed by atoms with Gasteiger partial charge in [-0.3, -0.25) is 9.59 Å². The molecule has 0 aliphatic carbocycles. The first-order chi connectivity index (χ1) is 14.4. The molecule has 5 nitrogen and oxygen atoms in total. The zero-order valence-electron chi connectivity index (χ0n) is 18.2. The first kappa shape index (κ1) is 23.9. The highest BCUT2D eigenvalue weighted by molar-refractivity contribution is 9.10. The number of ether oxygens (including phenoxy) is 1. The SMILES string of the molecule is CCNC(=O)C(CC)N(CCc1ccccc1)C(=O)COc1cc(C)c(Br)c(C)c1. The molecule has 162 valence electrons. The molecule has 0 aliphatic heterocycles. The number of nitrogens with one attached hydrogen (secondary N) is 1. The van der Waals surface area contributed by atoms with Gasteiger partial charge in [-0.05, 0) is 62.4 Å². The van der Waals surface area contributed by atoms with Gasteiger partial charge in [-0.15, -0.1) is 0 Å². The van der Waals surface area contributed by atoms with Crippen molar-refractivity contribution in [3.63, 3.8) is 0 Å². The molecule has 0 aromatic heterocycles. The maximum Gasteiger partial charge on any atom is 0.261 e. The van der Waals surface area contributed by atoms with E-state index in [1.807, 2.05) is 70.2 Å². The van der Waals surface area contributed by atoms with Gasteiger partial charge < -0.3 is 15.0 Å². The van der Waals surface area contributed by atoms with E-state index in [-0.39, 0.29) is 18.4 Å². The summed E-state index contributed by atoms with van der Waals surface area (Å²) < 4.78 is 6.84. The lowest BCUT2D eigenvalue weighted by Crippen LogP contribution is -2.51. The lowest BCUT2D eigenvalue weighted by atomic mass is 10.1. The van der Waals surface area contributed by atoms with Gasteiger partial charge in [0.1, 0.15) is 11.8 Å². The third kappa shape index (κ3) is 6.59. The molecule has 1 N–H and O–H groups in total. The summed E-state index contributed by atoms with van der Waals surface area (Å²) in [5.41, 5.74) is 3.22. The fraction of sp³-hybridized carbons (Fsp3) is 0.417. The van der Waals surface area contributed by atoms with Crippen LogP contribution in [0.25, 0.3) is 0 Å². The van der Waals surface area contributed by atoms with Crippen LogP contribution in [-0.4, -0.2) is 42.5 Å². The Kier molecular flexibility index (Phi) is 9.37. The van der Waals surface area contributed by atoms with E-state index in [4.69, 9.17) is 4.74 Å². The van der Waals surface area contributed by atoms with E-state index in [1.54, 1.807) is 4.90 Å². The molecule has 1 unspecified atom stereocenters. The second kappa shape index (κ2) is 11.7. The van der Waals surface area contributed by atoms with Crippen molar-refractivity contribution in [2.45, 2.75) is 46.6 Å². The lowest BCUT2D eigenvalue weighted by molar-refractivity contribution is -0.142. The predicted octanol–water partition coefficient (Wildman–Crippen LogP) is 4.43. The Morgan fingerprint density at radius 2 is 1.73 bits per heavy atom. The minimum atomic E-state index is -0.516. The summed E-state index contributed by atoms with van der Waals surface area (Å²) in [5.74, 6) is 0.328. The Morgan fingerprint density at radius 1 is 1.10 bits per heavy atom. The first-order valence-electron chi connectivity index (χ1n) is 10.4. The van der Waals surface area contributed by atoms with Crippen molar-refractivity contribution in [3.8, 4) is 5.75 Å². The van der Waals surface area contributed by atoms with Crippen molar-refractivity contribution in [2.24, 2.45) is 0 Å². The molecule has 0 fully saturated rings. The number of likely N-dealkylation sites (N-methyl/N-ethyl adjacent to an activating group) is 1. The largest absolute Gasteiger partial charge is 0.484 e. The Balaban J connectivity index is 2.14. The van der Waals surface area contributed by atoms with Crippen molar-refractivity contribution >= 4 is 27.7 Å². The van der Waals surface area contributed by atoms with E-state index in [1.165, 1.54) is 0 Å². The minimum Gasteiger partial charge on any atom is -0.484 e. The molecule has 6 heteroatoms. The van der Waals surface area contributed by atoms with Crippen LogP contribution in [0.15, 0.2) is 46.9 Å². The number of aryl methyl sites for hydroxylation is 2. The average Bonchev–Trinajstić information content (AvgIpc) is 2.73. The molecule has 0 spiro atoms. The van der Waals surface area contributed by atoms with Crippen molar-refractivity contribution in [1.82, 2.24) is 10.2 Å². The molecule has 2 amide bonds. The highest BCUT2D eigenvalue weighted by Gasteiger charge is 2.28. The highest BCUT2D eigenvalue weighted by Crippen LogP contribution is 2.26. The third-order valence-electron chi connectivity index (χ3n) is 4.99. The molecule has 2 rings (SSSR count). The van der Waals surface area contributed by atoms with Crippen LogP contribution in [0, 0.1) is 13.8 Å². The predicted molar refractivity (Wildman–Crippen MR) is 124 cm³/mol. The van der Waals surface area contributed by atoms with Crippen LogP contribution in [0.3, 0.4) is 0 Å². The van der Waals surface area contributed by atoms with E-state index in [9.17, 15) is 9.59 Å². The van der Waals surface area contributed by atoms with Gasteiger partial charge in [-0.1, -0.05) is 53.2 Å². The summed E-state index contributed by atoms with van der Waals surface area (Å²) in [6.07, 6.45) is 1.22. The monoisotopic (exact) mass is 474 g/mol. The van der Waals surface area contributed by atoms with Crippen molar-refractivity contribution < 1.29 is 14.3 Å². The molecule has 2 aromatic rings. The van der Waals surface area contributed by atoms with E-state index in [0.717, 1.165) is 21.2 Å². The summed E-state index contributed by atoms with van der Waals surface area (Å²) >= 11 is 3.54. The van der Waals surface area contributed by atoms with Crippen LogP contribution >= 0.6 is 15.9 Å². The Hall–Kier alpha value is -2.34. The van der Waals surface area contributed by atoms with Gasteiger partial charge in [-0.2, -0.15) is 0 Å². The zero-order chi connectivity index (χ0) is 22.1. The standard InChI is InChI=1S/C24H31BrN2O3/c1-5-21(24(29)26-6-2)27(13-12-19-10-8-7-9-11-19)22(28)16-30-20-14-17(3)23(25)18(4)15-20/h7-11,14-15,21H,5-6,12-13,16H2,1-4H3,(H,26,29). The molecule has 0 saturated carbocycles. The Labute approximate surface area is 187 Å². The maximum atomic E-state index is 13.1. The second-order valence-corrected chi connectivity index (χ2v) is 8.09. The Morgan fingerprint density at radius 3 is 2.30 bits per heavy atom. The van der Waals surface area contributed by atoms with Gasteiger partial charge >= 0.3 is 0 Å². The number of halogens is 1. The van der Waals surface area contributed by atoms with Crippen molar-refractivity contribution in [2.75, 3.05) is 19.7 Å². The number of hydrogen-bond donors (Lipinski definition) is 1. The van der Waals surface area contributed by atoms with Gasteiger partial charge in [0, 0.05) is 17.6 Å². The smallest absolute Gasteiger partial charge is 0.261 e. The molecular weight excluding hydrogens is 444 g/mol. The van der Waals surface area contributed by atoms with Crippen LogP contribution in [-0.2, 0) is 16.0 Å². The average molecular weight is 475 g/mol. The van der Waals surface area contributed by atoms with E-state index in [0.29, 0.717) is 31.7 Å². The van der Waals surface area contributed by atoms with Gasteiger partial charge in [0.05, 0.1) is 0 Å². The summed E-state index contributed by atoms with van der Waals surface area (Å²) in [5, 5.41) is 2.85. The highest BCUT2D eigenvalue weighted by atomic mass is 79.9. The van der Waals surface area contributed by atoms with Crippen LogP contribution in [0.5, 0.6) is 5.75 Å². The van der Waals surface area contributed by atoms with Gasteiger partial charge in [0.2, 0.25) is 5.91 Å². The summed E-state index contributed by atoms with van der Waals surface area (Å²) in [4.78, 5) is 27.3. The van der Waals surface area contributed by atoms with Crippen LogP contribution in [0.2, 0.25) is 0 Å². The molecule has 0 saturated heterocycles. The van der Waals surface area contributed by atoms with Crippen LogP contribution in [0.4, 0.5) is 0 Å². The normalized spacial score (nSPS) is 11.6. The molecular formula is C24H31BrN2O3. The number of rotatable bonds is 10. The summed E-state index contributed by atoms with van der Waals surface area (Å²) in [6, 6.07) is 13.3. The number of nitrogens with zero attached hydrogens (tertiary/aromatic N) is 1. The van der Waals surface area contributed by atoms with Gasteiger partial charge in [0.25, 0.3) is 5.91 Å². The van der Waals surface area contributed by atoms with Crippen molar-refractivity contribution in [3.05, 3.63) is 63.6 Å². The minimum absolute atomic E-state index is 0.106. The topological polar surface area (TPSA) is 58.6 Å². The first-order valence-corrected chi connectivity index (χ1v) is 11.2. The van der Waals surface area contributed by atoms with E-state index >= 15 is 0 Å². The fourth-order valence-electron chi connectivity index (χ4n) is 3.41. The number of carbonyl (C=O) groups excluding carboxylic acids is 2. The van der Waals surface area contributed by atoms with E-state index in [2.05, 4.69) is 21.2 Å². The number of hydrogen-bond acceptors (Lipinski definition) is 3. The number of carbonyl (C=O) groups is 2. The quantitative estimate of drug-likeness (QED) is 0.553. The molecule has 0 bridgehead atoms. The molecule has 0 radical (unpaired) electrons. The van der Waals surface area contributed by atoms with Crippen molar-refractivity contribution in [1.29, 1.82) is 0 Å². The van der Waals surface area contributed by atoms with E-state index < -0.39 is 6.04 Å². The maximum absolute atomic E-state index is 13.1. The van der Waals surface area contributed by atoms with Gasteiger partial charge in [-0.25, -0.2) is 0 Å². The third-order valence-corrected chi connectivity index (χ3v) is 6.24. The summed E-state index contributed by atoms with van der Waals surface area (Å²) in [6.45, 7) is 8.66. The summed E-state index contributed by atoms with van der Waals surface area (Å²) in [7, 11) is 0. The Bertz CT molecular complexity index is 832. The molecule has 0 heterocycles. The molecule has 1 atom stereocenters. The lowest BCUT2D eigenvalue weighted by Gasteiger charge is -2.30. The van der Waals surface area contributed by atoms with Gasteiger partial charge in [0.15, 0.2) is 6.61 Å². The molecule has 2 aromatic carbocycles. The fourth-order valence-corrected chi connectivity index (χ4v) is 3.63. The zero-order valence-corrected chi connectivity index (χ0v) is 19.8. The van der Waals surface area contributed by atoms with Crippen LogP contribution in [0.1, 0.15) is 37.0 Å².